The monoisotopic (exact) mass is 290 g/mol. The molecule has 0 radical (unpaired) electrons. The molecule has 1 saturated heterocycles. The summed E-state index contributed by atoms with van der Waals surface area (Å²) >= 11 is 0. The predicted octanol–water partition coefficient (Wildman–Crippen LogP) is 2.35. The van der Waals surface area contributed by atoms with Crippen LogP contribution >= 0.6 is 0 Å². The minimum Gasteiger partial charge on any atom is -0.367 e. The molecule has 1 fully saturated rings. The van der Waals surface area contributed by atoms with E-state index in [0.29, 0.717) is 30.4 Å². The molecule has 1 aliphatic heterocycles. The summed E-state index contributed by atoms with van der Waals surface area (Å²) in [5.74, 6) is 0. The van der Waals surface area contributed by atoms with Gasteiger partial charge in [0.15, 0.2) is 18.7 Å². The molecule has 0 aliphatic carbocycles. The van der Waals surface area contributed by atoms with E-state index in [-0.39, 0.29) is 18.7 Å². The molecule has 5 heteroatoms. The highest BCUT2D eigenvalue weighted by atomic mass is 16.6. The van der Waals surface area contributed by atoms with Gasteiger partial charge in [0.1, 0.15) is 12.6 Å². The van der Waals surface area contributed by atoms with E-state index in [1.165, 1.54) is 0 Å². The van der Waals surface area contributed by atoms with Crippen LogP contribution in [-0.4, -0.2) is 62.2 Å². The highest BCUT2D eigenvalue weighted by Crippen LogP contribution is 2.30. The summed E-state index contributed by atoms with van der Waals surface area (Å²) in [4.78, 5) is 0. The maximum atomic E-state index is 5.93. The molecular weight excluding hydrogens is 258 g/mol. The van der Waals surface area contributed by atoms with Gasteiger partial charge in [-0.25, -0.2) is 4.48 Å². The Bertz CT molecular complexity index is 239. The van der Waals surface area contributed by atoms with Crippen LogP contribution in [0.1, 0.15) is 41.5 Å². The van der Waals surface area contributed by atoms with Gasteiger partial charge in [-0.05, 0) is 20.8 Å². The summed E-state index contributed by atoms with van der Waals surface area (Å²) in [5, 5.41) is 0. The molecule has 0 saturated carbocycles. The third kappa shape index (κ3) is 4.15. The molecule has 0 amide bonds. The molecular formula is C15H32NO4+. The fourth-order valence-corrected chi connectivity index (χ4v) is 3.00. The van der Waals surface area contributed by atoms with E-state index in [9.17, 15) is 0 Å². The van der Waals surface area contributed by atoms with Gasteiger partial charge in [0.25, 0.3) is 0 Å². The second-order valence-electron chi connectivity index (χ2n) is 5.30. The third-order valence-electron chi connectivity index (χ3n) is 4.18. The first-order chi connectivity index (χ1) is 9.52. The largest absolute Gasteiger partial charge is 0.367 e. The third-order valence-corrected chi connectivity index (χ3v) is 4.18. The van der Waals surface area contributed by atoms with Crippen LogP contribution in [0.25, 0.3) is 0 Å². The van der Waals surface area contributed by atoms with Crippen LogP contribution in [0.5, 0.6) is 0 Å². The van der Waals surface area contributed by atoms with Crippen LogP contribution in [0.2, 0.25) is 0 Å². The highest BCUT2D eigenvalue weighted by Gasteiger charge is 2.50. The van der Waals surface area contributed by atoms with Gasteiger partial charge in [0.2, 0.25) is 0 Å². The average Bonchev–Trinajstić information content (AvgIpc) is 3.20. The van der Waals surface area contributed by atoms with Crippen LogP contribution in [0, 0.1) is 0 Å². The van der Waals surface area contributed by atoms with Gasteiger partial charge in [-0.15, -0.1) is 0 Å². The fraction of sp³-hybridized carbons (Fsp3) is 1.00. The molecule has 20 heavy (non-hydrogen) atoms. The number of epoxide rings is 1. The van der Waals surface area contributed by atoms with Gasteiger partial charge in [0, 0.05) is 20.8 Å². The number of quaternary nitrogens is 1. The van der Waals surface area contributed by atoms with E-state index in [2.05, 4.69) is 20.8 Å². The Kier molecular flexibility index (Phi) is 7.40. The lowest BCUT2D eigenvalue weighted by Gasteiger charge is -2.49. The maximum absolute atomic E-state index is 5.93. The second kappa shape index (κ2) is 8.29. The quantitative estimate of drug-likeness (QED) is 0.333. The zero-order valence-electron chi connectivity index (χ0n) is 13.9. The molecule has 0 spiro atoms. The van der Waals surface area contributed by atoms with E-state index < -0.39 is 0 Å². The van der Waals surface area contributed by atoms with Crippen LogP contribution in [-0.2, 0) is 18.9 Å². The van der Waals surface area contributed by atoms with Crippen molar-refractivity contribution < 1.29 is 23.4 Å². The lowest BCUT2D eigenvalue weighted by atomic mass is 10.2. The maximum Gasteiger partial charge on any atom is 0.194 e. The summed E-state index contributed by atoms with van der Waals surface area (Å²) in [6, 6.07) is 0. The molecule has 0 N–H and O–H groups in total. The zero-order valence-corrected chi connectivity index (χ0v) is 13.9. The molecule has 1 aliphatic rings. The van der Waals surface area contributed by atoms with Crippen molar-refractivity contribution in [3.63, 3.8) is 0 Å². The van der Waals surface area contributed by atoms with Crippen LogP contribution in [0.3, 0.4) is 0 Å². The molecule has 5 nitrogen and oxygen atoms in total. The Labute approximate surface area is 123 Å². The van der Waals surface area contributed by atoms with Crippen molar-refractivity contribution in [3.8, 4) is 0 Å². The van der Waals surface area contributed by atoms with E-state index in [1.807, 2.05) is 20.8 Å². The van der Waals surface area contributed by atoms with Crippen LogP contribution in [0.15, 0.2) is 0 Å². The standard InChI is InChI=1S/C15H32NO4/c1-7-17-12(4)16(10-15-11-20-15,13(5)18-8-2)14(6)19-9-3/h12-15H,7-11H2,1-6H3/q+1. The van der Waals surface area contributed by atoms with Crippen molar-refractivity contribution in [3.05, 3.63) is 0 Å². The molecule has 1 heterocycles. The second-order valence-corrected chi connectivity index (χ2v) is 5.30. The Balaban J connectivity index is 3.00. The van der Waals surface area contributed by atoms with Crippen molar-refractivity contribution >= 4 is 0 Å². The first-order valence-corrected chi connectivity index (χ1v) is 7.86. The lowest BCUT2D eigenvalue weighted by Crippen LogP contribution is -2.67. The molecule has 0 aromatic heterocycles. The van der Waals surface area contributed by atoms with Crippen molar-refractivity contribution in [2.45, 2.75) is 66.3 Å². The summed E-state index contributed by atoms with van der Waals surface area (Å²) < 4.78 is 23.9. The summed E-state index contributed by atoms with van der Waals surface area (Å²) in [5.41, 5.74) is 0. The van der Waals surface area contributed by atoms with Crippen LogP contribution < -0.4 is 0 Å². The average molecular weight is 290 g/mol. The predicted molar refractivity (Wildman–Crippen MR) is 78.1 cm³/mol. The number of nitrogens with zero attached hydrogens (tertiary/aromatic N) is 1. The van der Waals surface area contributed by atoms with Gasteiger partial charge < -0.3 is 18.9 Å². The van der Waals surface area contributed by atoms with E-state index in [1.54, 1.807) is 0 Å². The number of hydrogen-bond acceptors (Lipinski definition) is 4. The number of hydrogen-bond donors (Lipinski definition) is 0. The summed E-state index contributed by atoms with van der Waals surface area (Å²) in [6.07, 6.45) is 0.315. The highest BCUT2D eigenvalue weighted by molar-refractivity contribution is 4.70. The van der Waals surface area contributed by atoms with E-state index in [4.69, 9.17) is 18.9 Å². The minimum absolute atomic E-state index is 0.00676. The SMILES string of the molecule is CCOC(C)[N+](CC1CO1)(C(C)OCC)C(C)OCC. The molecule has 0 aromatic rings. The van der Waals surface area contributed by atoms with Crippen molar-refractivity contribution in [1.29, 1.82) is 0 Å². The normalized spacial score (nSPS) is 25.8. The van der Waals surface area contributed by atoms with E-state index >= 15 is 0 Å². The summed E-state index contributed by atoms with van der Waals surface area (Å²) in [7, 11) is 0. The van der Waals surface area contributed by atoms with Gasteiger partial charge in [-0.1, -0.05) is 0 Å². The molecule has 0 aromatic carbocycles. The smallest absolute Gasteiger partial charge is 0.194 e. The molecule has 120 valence electrons. The molecule has 4 atom stereocenters. The minimum atomic E-state index is 0.00676. The Morgan fingerprint density at radius 3 is 1.50 bits per heavy atom. The van der Waals surface area contributed by atoms with Gasteiger partial charge in [-0.2, -0.15) is 0 Å². The number of ether oxygens (including phenoxy) is 4. The van der Waals surface area contributed by atoms with E-state index in [0.717, 1.165) is 13.2 Å². The topological polar surface area (TPSA) is 40.2 Å². The molecule has 1 rings (SSSR count). The van der Waals surface area contributed by atoms with Crippen molar-refractivity contribution in [2.24, 2.45) is 0 Å². The number of rotatable bonds is 11. The first-order valence-electron chi connectivity index (χ1n) is 7.86. The van der Waals surface area contributed by atoms with Gasteiger partial charge in [-0.3, -0.25) is 0 Å². The lowest BCUT2D eigenvalue weighted by molar-refractivity contribution is -1.04. The van der Waals surface area contributed by atoms with Crippen molar-refractivity contribution in [1.82, 2.24) is 0 Å². The van der Waals surface area contributed by atoms with Gasteiger partial charge >= 0.3 is 0 Å². The van der Waals surface area contributed by atoms with Crippen LogP contribution in [0.4, 0.5) is 0 Å². The Morgan fingerprint density at radius 2 is 1.25 bits per heavy atom. The zero-order chi connectivity index (χ0) is 15.2. The Hall–Kier alpha value is -0.200. The summed E-state index contributed by atoms with van der Waals surface area (Å²) in [6.45, 7) is 16.1. The van der Waals surface area contributed by atoms with Crippen molar-refractivity contribution in [2.75, 3.05) is 33.0 Å². The Morgan fingerprint density at radius 1 is 0.900 bits per heavy atom. The fourth-order valence-electron chi connectivity index (χ4n) is 3.00. The van der Waals surface area contributed by atoms with Gasteiger partial charge in [0.05, 0.1) is 26.4 Å². The first kappa shape index (κ1) is 17.9. The molecule has 0 bridgehead atoms. The molecule has 4 unspecified atom stereocenters.